The Morgan fingerprint density at radius 2 is 2.08 bits per heavy atom. The fraction of sp³-hybridized carbons (Fsp3) is 0.421. The first-order chi connectivity index (χ1) is 12.6. The van der Waals surface area contributed by atoms with E-state index in [4.69, 9.17) is 4.74 Å². The molecule has 0 radical (unpaired) electrons. The fourth-order valence-corrected chi connectivity index (χ4v) is 3.21. The van der Waals surface area contributed by atoms with Crippen molar-refractivity contribution in [2.24, 2.45) is 13.0 Å². The average Bonchev–Trinajstić information content (AvgIpc) is 3.03. The lowest BCUT2D eigenvalue weighted by Crippen LogP contribution is -2.44. The van der Waals surface area contributed by atoms with Gasteiger partial charge in [0.05, 0.1) is 18.2 Å². The zero-order chi connectivity index (χ0) is 18.5. The molecule has 7 heteroatoms. The van der Waals surface area contributed by atoms with Crippen LogP contribution in [0, 0.1) is 5.92 Å². The molecule has 2 aromatic rings. The SMILES string of the molecule is CCOC(=O)C1CCCN(C(=O)Nc2cc(-c3ccccc3)n(C)n2)C1. The summed E-state index contributed by atoms with van der Waals surface area (Å²) >= 11 is 0. The maximum Gasteiger partial charge on any atom is 0.323 e. The predicted molar refractivity (Wildman–Crippen MR) is 98.6 cm³/mol. The number of carbonyl (C=O) groups is 2. The number of aromatic nitrogens is 2. The number of ether oxygens (including phenoxy) is 1. The van der Waals surface area contributed by atoms with Crippen molar-refractivity contribution in [2.45, 2.75) is 19.8 Å². The maximum absolute atomic E-state index is 12.6. The number of hydrogen-bond acceptors (Lipinski definition) is 4. The monoisotopic (exact) mass is 356 g/mol. The lowest BCUT2D eigenvalue weighted by molar-refractivity contribution is -0.149. The number of hydrogen-bond donors (Lipinski definition) is 1. The molecule has 2 amide bonds. The molecule has 0 aliphatic carbocycles. The quantitative estimate of drug-likeness (QED) is 0.855. The summed E-state index contributed by atoms with van der Waals surface area (Å²) in [5.41, 5.74) is 1.95. The third-order valence-electron chi connectivity index (χ3n) is 4.51. The topological polar surface area (TPSA) is 76.5 Å². The normalized spacial score (nSPS) is 17.0. The van der Waals surface area contributed by atoms with Crippen LogP contribution in [0.25, 0.3) is 11.3 Å². The minimum atomic E-state index is -0.252. The van der Waals surface area contributed by atoms with Gasteiger partial charge in [0.25, 0.3) is 0 Å². The van der Waals surface area contributed by atoms with Gasteiger partial charge in [-0.25, -0.2) is 4.79 Å². The van der Waals surface area contributed by atoms with Gasteiger partial charge < -0.3 is 9.64 Å². The lowest BCUT2D eigenvalue weighted by atomic mass is 9.98. The fourth-order valence-electron chi connectivity index (χ4n) is 3.21. The molecular formula is C19H24N4O3. The second kappa shape index (κ2) is 8.03. The Balaban J connectivity index is 1.66. The predicted octanol–water partition coefficient (Wildman–Crippen LogP) is 2.89. The summed E-state index contributed by atoms with van der Waals surface area (Å²) < 4.78 is 6.82. The number of anilines is 1. The molecule has 0 bridgehead atoms. The van der Waals surface area contributed by atoms with Crippen LogP contribution in [-0.4, -0.2) is 46.4 Å². The zero-order valence-electron chi connectivity index (χ0n) is 15.1. The molecule has 1 N–H and O–H groups in total. The minimum Gasteiger partial charge on any atom is -0.466 e. The number of likely N-dealkylation sites (tertiary alicyclic amines) is 1. The molecule has 1 saturated heterocycles. The maximum atomic E-state index is 12.6. The van der Waals surface area contributed by atoms with Gasteiger partial charge >= 0.3 is 12.0 Å². The van der Waals surface area contributed by atoms with Gasteiger partial charge in [0.2, 0.25) is 0 Å². The summed E-state index contributed by atoms with van der Waals surface area (Å²) in [5.74, 6) is 0.0156. The molecule has 1 aliphatic rings. The van der Waals surface area contributed by atoms with E-state index in [2.05, 4.69) is 10.4 Å². The Morgan fingerprint density at radius 3 is 2.81 bits per heavy atom. The third kappa shape index (κ3) is 4.04. The number of piperidine rings is 1. The van der Waals surface area contributed by atoms with E-state index in [0.717, 1.165) is 24.1 Å². The van der Waals surface area contributed by atoms with Gasteiger partial charge in [-0.3, -0.25) is 14.8 Å². The number of esters is 1. The Kier molecular flexibility index (Phi) is 5.55. The van der Waals surface area contributed by atoms with Crippen LogP contribution in [-0.2, 0) is 16.6 Å². The first kappa shape index (κ1) is 18.0. The van der Waals surface area contributed by atoms with E-state index >= 15 is 0 Å². The van der Waals surface area contributed by atoms with E-state index in [1.54, 1.807) is 16.5 Å². The molecule has 7 nitrogen and oxygen atoms in total. The smallest absolute Gasteiger partial charge is 0.323 e. The minimum absolute atomic E-state index is 0.228. The lowest BCUT2D eigenvalue weighted by Gasteiger charge is -2.31. The van der Waals surface area contributed by atoms with Gasteiger partial charge in [-0.1, -0.05) is 30.3 Å². The van der Waals surface area contributed by atoms with Crippen LogP contribution in [0.4, 0.5) is 10.6 Å². The van der Waals surface area contributed by atoms with Crippen molar-refractivity contribution in [3.63, 3.8) is 0 Å². The molecule has 2 heterocycles. The van der Waals surface area contributed by atoms with Gasteiger partial charge in [0, 0.05) is 26.2 Å². The van der Waals surface area contributed by atoms with Crippen LogP contribution in [0.5, 0.6) is 0 Å². The molecular weight excluding hydrogens is 332 g/mol. The standard InChI is InChI=1S/C19H24N4O3/c1-3-26-18(24)15-10-7-11-23(13-15)19(25)20-17-12-16(22(2)21-17)14-8-5-4-6-9-14/h4-6,8-9,12,15H,3,7,10-11,13H2,1-2H3,(H,20,21,25). The number of carbonyl (C=O) groups excluding carboxylic acids is 2. The van der Waals surface area contributed by atoms with Crippen LogP contribution in [0.15, 0.2) is 36.4 Å². The molecule has 0 spiro atoms. The number of amides is 2. The van der Waals surface area contributed by atoms with E-state index in [9.17, 15) is 9.59 Å². The van der Waals surface area contributed by atoms with Crippen LogP contribution in [0.3, 0.4) is 0 Å². The highest BCUT2D eigenvalue weighted by molar-refractivity contribution is 5.89. The van der Waals surface area contributed by atoms with Gasteiger partial charge in [-0.05, 0) is 25.3 Å². The molecule has 1 fully saturated rings. The second-order valence-corrected chi connectivity index (χ2v) is 6.37. The highest BCUT2D eigenvalue weighted by Crippen LogP contribution is 2.23. The van der Waals surface area contributed by atoms with Crippen molar-refractivity contribution in [3.05, 3.63) is 36.4 Å². The van der Waals surface area contributed by atoms with Crippen molar-refractivity contribution in [3.8, 4) is 11.3 Å². The van der Waals surface area contributed by atoms with Crippen LogP contribution in [0.1, 0.15) is 19.8 Å². The summed E-state index contributed by atoms with van der Waals surface area (Å²) in [6.07, 6.45) is 1.54. The highest BCUT2D eigenvalue weighted by atomic mass is 16.5. The Labute approximate surface area is 152 Å². The summed E-state index contributed by atoms with van der Waals surface area (Å²) in [6, 6.07) is 11.5. The number of nitrogens with one attached hydrogen (secondary N) is 1. The number of nitrogens with zero attached hydrogens (tertiary/aromatic N) is 3. The largest absolute Gasteiger partial charge is 0.466 e. The Bertz CT molecular complexity index is 772. The summed E-state index contributed by atoms with van der Waals surface area (Å²) in [5, 5.41) is 7.21. The van der Waals surface area contributed by atoms with Crippen LogP contribution < -0.4 is 5.32 Å². The van der Waals surface area contributed by atoms with Gasteiger partial charge in [0.1, 0.15) is 0 Å². The Morgan fingerprint density at radius 1 is 1.31 bits per heavy atom. The molecule has 1 aromatic heterocycles. The van der Waals surface area contributed by atoms with Gasteiger partial charge in [-0.15, -0.1) is 0 Å². The van der Waals surface area contributed by atoms with Crippen molar-refractivity contribution < 1.29 is 14.3 Å². The van der Waals surface area contributed by atoms with E-state index < -0.39 is 0 Å². The summed E-state index contributed by atoms with van der Waals surface area (Å²) in [7, 11) is 1.84. The molecule has 1 unspecified atom stereocenters. The number of urea groups is 1. The molecule has 3 rings (SSSR count). The molecule has 138 valence electrons. The Hall–Kier alpha value is -2.83. The average molecular weight is 356 g/mol. The first-order valence-electron chi connectivity index (χ1n) is 8.90. The molecule has 1 aromatic carbocycles. The molecule has 1 atom stereocenters. The van der Waals surface area contributed by atoms with E-state index in [-0.39, 0.29) is 17.9 Å². The third-order valence-corrected chi connectivity index (χ3v) is 4.51. The summed E-state index contributed by atoms with van der Waals surface area (Å²) in [4.78, 5) is 26.2. The molecule has 26 heavy (non-hydrogen) atoms. The van der Waals surface area contributed by atoms with E-state index in [0.29, 0.717) is 25.5 Å². The van der Waals surface area contributed by atoms with Crippen molar-refractivity contribution in [1.82, 2.24) is 14.7 Å². The van der Waals surface area contributed by atoms with Gasteiger partial charge in [-0.2, -0.15) is 5.10 Å². The number of benzene rings is 1. The number of aryl methyl sites for hydroxylation is 1. The zero-order valence-corrected chi connectivity index (χ0v) is 15.1. The van der Waals surface area contributed by atoms with Crippen molar-refractivity contribution >= 4 is 17.8 Å². The first-order valence-corrected chi connectivity index (χ1v) is 8.90. The molecule has 1 aliphatic heterocycles. The van der Waals surface area contributed by atoms with E-state index in [1.165, 1.54) is 0 Å². The van der Waals surface area contributed by atoms with Crippen LogP contribution >= 0.6 is 0 Å². The molecule has 0 saturated carbocycles. The summed E-state index contributed by atoms with van der Waals surface area (Å²) in [6.45, 7) is 3.15. The van der Waals surface area contributed by atoms with Crippen molar-refractivity contribution in [1.29, 1.82) is 0 Å². The van der Waals surface area contributed by atoms with Crippen molar-refractivity contribution in [2.75, 3.05) is 25.0 Å². The van der Waals surface area contributed by atoms with Crippen LogP contribution in [0.2, 0.25) is 0 Å². The van der Waals surface area contributed by atoms with Gasteiger partial charge in [0.15, 0.2) is 5.82 Å². The highest BCUT2D eigenvalue weighted by Gasteiger charge is 2.29. The second-order valence-electron chi connectivity index (χ2n) is 6.37. The number of rotatable bonds is 4. The van der Waals surface area contributed by atoms with E-state index in [1.807, 2.05) is 43.4 Å².